The molecular formula is C26H26O4. The van der Waals surface area contributed by atoms with Gasteiger partial charge < -0.3 is 19.3 Å². The Bertz CT molecular complexity index is 1100. The summed E-state index contributed by atoms with van der Waals surface area (Å²) in [6.07, 6.45) is 5.64. The van der Waals surface area contributed by atoms with Gasteiger partial charge in [-0.1, -0.05) is 49.1 Å². The van der Waals surface area contributed by atoms with Crippen molar-refractivity contribution in [2.24, 2.45) is 5.92 Å². The SMILES string of the molecule is C=C1C=C(c2ccccc2)C2=C(O1)C1=C(OC(C)C(C)=C1O)C1C=CC(C)(C)OC21. The zero-order valence-corrected chi connectivity index (χ0v) is 17.7. The summed E-state index contributed by atoms with van der Waals surface area (Å²) in [4.78, 5) is 0. The van der Waals surface area contributed by atoms with E-state index in [0.717, 1.165) is 22.3 Å². The van der Waals surface area contributed by atoms with Crippen LogP contribution >= 0.6 is 0 Å². The molecule has 0 spiro atoms. The highest BCUT2D eigenvalue weighted by molar-refractivity contribution is 5.86. The summed E-state index contributed by atoms with van der Waals surface area (Å²) in [6, 6.07) is 10.2. The van der Waals surface area contributed by atoms with Gasteiger partial charge in [0.25, 0.3) is 0 Å². The lowest BCUT2D eigenvalue weighted by Gasteiger charge is -2.45. The zero-order valence-electron chi connectivity index (χ0n) is 17.7. The molecule has 1 aromatic carbocycles. The van der Waals surface area contributed by atoms with Crippen LogP contribution in [-0.4, -0.2) is 22.9 Å². The number of benzene rings is 1. The standard InChI is InChI=1S/C26H26O4/c1-14-13-19(17-9-7-6-8-10-17)20-24-18(11-12-26(4,5)30-24)23-21(25(20)28-14)22(27)15(2)16(3)29-23/h6-13,16,18,24,27H,1H2,2-5H3. The summed E-state index contributed by atoms with van der Waals surface area (Å²) >= 11 is 0. The Hall–Kier alpha value is -2.98. The minimum atomic E-state index is -0.429. The number of rotatable bonds is 1. The van der Waals surface area contributed by atoms with Crippen LogP contribution in [0.5, 0.6) is 0 Å². The number of ether oxygens (including phenoxy) is 3. The lowest BCUT2D eigenvalue weighted by atomic mass is 9.75. The molecular weight excluding hydrogens is 376 g/mol. The fourth-order valence-corrected chi connectivity index (χ4v) is 4.55. The quantitative estimate of drug-likeness (QED) is 0.609. The summed E-state index contributed by atoms with van der Waals surface area (Å²) < 4.78 is 19.0. The van der Waals surface area contributed by atoms with Crippen LogP contribution in [0.3, 0.4) is 0 Å². The Morgan fingerprint density at radius 1 is 1.13 bits per heavy atom. The van der Waals surface area contributed by atoms with Crippen LogP contribution in [-0.2, 0) is 14.2 Å². The van der Waals surface area contributed by atoms with Gasteiger partial charge in [0.05, 0.1) is 17.1 Å². The van der Waals surface area contributed by atoms with Gasteiger partial charge in [0.2, 0.25) is 0 Å². The Labute approximate surface area is 177 Å². The molecule has 1 aliphatic carbocycles. The molecule has 30 heavy (non-hydrogen) atoms. The van der Waals surface area contributed by atoms with Crippen molar-refractivity contribution in [3.63, 3.8) is 0 Å². The van der Waals surface area contributed by atoms with Crippen molar-refractivity contribution < 1.29 is 19.3 Å². The van der Waals surface area contributed by atoms with Crippen molar-refractivity contribution in [3.8, 4) is 0 Å². The van der Waals surface area contributed by atoms with Gasteiger partial charge in [0.15, 0.2) is 0 Å². The third-order valence-corrected chi connectivity index (χ3v) is 6.20. The molecule has 0 saturated carbocycles. The molecule has 3 heterocycles. The van der Waals surface area contributed by atoms with Crippen molar-refractivity contribution in [1.82, 2.24) is 0 Å². The Morgan fingerprint density at radius 2 is 1.87 bits per heavy atom. The first kappa shape index (κ1) is 19.0. The predicted octanol–water partition coefficient (Wildman–Crippen LogP) is 5.74. The number of aliphatic hydroxyl groups excluding tert-OH is 1. The first-order valence-electron chi connectivity index (χ1n) is 10.3. The smallest absolute Gasteiger partial charge is 0.148 e. The number of aliphatic hydroxyl groups is 1. The highest BCUT2D eigenvalue weighted by atomic mass is 16.5. The van der Waals surface area contributed by atoms with Crippen molar-refractivity contribution >= 4 is 5.57 Å². The van der Waals surface area contributed by atoms with Gasteiger partial charge in [-0.25, -0.2) is 0 Å². The van der Waals surface area contributed by atoms with Gasteiger partial charge in [-0.3, -0.25) is 0 Å². The molecule has 154 valence electrons. The van der Waals surface area contributed by atoms with Crippen LogP contribution in [0.15, 0.2) is 94.9 Å². The fraction of sp³-hybridized carbons (Fsp3) is 0.308. The number of hydrogen-bond donors (Lipinski definition) is 1. The topological polar surface area (TPSA) is 47.9 Å². The Balaban J connectivity index is 1.79. The van der Waals surface area contributed by atoms with E-state index in [1.807, 2.05) is 52.0 Å². The van der Waals surface area contributed by atoms with Crippen molar-refractivity contribution in [2.45, 2.75) is 45.5 Å². The number of fused-ring (bicyclic) bond motifs is 4. The average molecular weight is 402 g/mol. The van der Waals surface area contributed by atoms with E-state index in [2.05, 4.69) is 30.9 Å². The highest BCUT2D eigenvalue weighted by Gasteiger charge is 2.48. The van der Waals surface area contributed by atoms with E-state index in [-0.39, 0.29) is 23.9 Å². The maximum absolute atomic E-state index is 11.1. The minimum Gasteiger partial charge on any atom is -0.507 e. The maximum Gasteiger partial charge on any atom is 0.148 e. The molecule has 3 unspecified atom stereocenters. The molecule has 0 bridgehead atoms. The summed E-state index contributed by atoms with van der Waals surface area (Å²) in [7, 11) is 0. The molecule has 1 aromatic rings. The van der Waals surface area contributed by atoms with E-state index in [0.29, 0.717) is 22.9 Å². The minimum absolute atomic E-state index is 0.147. The molecule has 0 saturated heterocycles. The molecule has 0 radical (unpaired) electrons. The summed E-state index contributed by atoms with van der Waals surface area (Å²) in [5.74, 6) is 1.87. The first-order chi connectivity index (χ1) is 14.3. The van der Waals surface area contributed by atoms with Crippen molar-refractivity contribution in [2.75, 3.05) is 0 Å². The highest BCUT2D eigenvalue weighted by Crippen LogP contribution is 2.52. The molecule has 5 rings (SSSR count). The maximum atomic E-state index is 11.1. The molecule has 4 aliphatic rings. The Morgan fingerprint density at radius 3 is 2.60 bits per heavy atom. The zero-order chi connectivity index (χ0) is 21.2. The summed E-state index contributed by atoms with van der Waals surface area (Å²) in [5, 5.41) is 11.1. The lowest BCUT2D eigenvalue weighted by molar-refractivity contribution is -0.0601. The number of allylic oxidation sites excluding steroid dienone is 1. The van der Waals surface area contributed by atoms with Crippen LogP contribution in [0.2, 0.25) is 0 Å². The second-order valence-corrected chi connectivity index (χ2v) is 8.79. The molecule has 0 amide bonds. The average Bonchev–Trinajstić information content (AvgIpc) is 2.71. The molecule has 3 atom stereocenters. The molecule has 0 aromatic heterocycles. The normalized spacial score (nSPS) is 29.5. The van der Waals surface area contributed by atoms with E-state index in [4.69, 9.17) is 14.2 Å². The Kier molecular flexibility index (Phi) is 4.13. The second-order valence-electron chi connectivity index (χ2n) is 8.79. The van der Waals surface area contributed by atoms with Crippen LogP contribution in [0.25, 0.3) is 5.57 Å². The second kappa shape index (κ2) is 6.51. The van der Waals surface area contributed by atoms with Crippen molar-refractivity contribution in [1.29, 1.82) is 0 Å². The third-order valence-electron chi connectivity index (χ3n) is 6.20. The van der Waals surface area contributed by atoms with Gasteiger partial charge in [-0.05, 0) is 44.9 Å². The van der Waals surface area contributed by atoms with Crippen molar-refractivity contribution in [3.05, 3.63) is 100 Å². The molecule has 4 nitrogen and oxygen atoms in total. The fourth-order valence-electron chi connectivity index (χ4n) is 4.55. The molecule has 3 aliphatic heterocycles. The third kappa shape index (κ3) is 2.78. The van der Waals surface area contributed by atoms with Gasteiger partial charge in [0.1, 0.15) is 35.2 Å². The molecule has 0 fully saturated rings. The van der Waals surface area contributed by atoms with Gasteiger partial charge in [-0.2, -0.15) is 0 Å². The van der Waals surface area contributed by atoms with E-state index in [1.165, 1.54) is 0 Å². The van der Waals surface area contributed by atoms with Crippen LogP contribution in [0.4, 0.5) is 0 Å². The first-order valence-corrected chi connectivity index (χ1v) is 10.3. The number of hydrogen-bond acceptors (Lipinski definition) is 4. The summed E-state index contributed by atoms with van der Waals surface area (Å²) in [6.45, 7) is 12.0. The van der Waals surface area contributed by atoms with Crippen LogP contribution in [0, 0.1) is 5.92 Å². The van der Waals surface area contributed by atoms with E-state index < -0.39 is 5.60 Å². The predicted molar refractivity (Wildman–Crippen MR) is 116 cm³/mol. The molecule has 1 N–H and O–H groups in total. The monoisotopic (exact) mass is 402 g/mol. The van der Waals surface area contributed by atoms with Gasteiger partial charge in [-0.15, -0.1) is 0 Å². The lowest BCUT2D eigenvalue weighted by Crippen LogP contribution is -2.44. The van der Waals surface area contributed by atoms with Gasteiger partial charge >= 0.3 is 0 Å². The largest absolute Gasteiger partial charge is 0.507 e. The summed E-state index contributed by atoms with van der Waals surface area (Å²) in [5.41, 5.74) is 3.94. The van der Waals surface area contributed by atoms with E-state index in [9.17, 15) is 5.11 Å². The molecule has 4 heteroatoms. The van der Waals surface area contributed by atoms with Crippen LogP contribution in [0.1, 0.15) is 33.3 Å². The van der Waals surface area contributed by atoms with Crippen LogP contribution < -0.4 is 0 Å². The van der Waals surface area contributed by atoms with E-state index in [1.54, 1.807) is 0 Å². The van der Waals surface area contributed by atoms with E-state index >= 15 is 0 Å². The van der Waals surface area contributed by atoms with Gasteiger partial charge in [0, 0.05) is 11.1 Å².